The number of aliphatic carboxylic acids is 1. The second-order valence-corrected chi connectivity index (χ2v) is 7.40. The molecule has 0 radical (unpaired) electrons. The fourth-order valence-electron chi connectivity index (χ4n) is 3.36. The molecule has 1 aliphatic rings. The molecule has 122 valence electrons. The molecule has 3 rings (SSSR count). The van der Waals surface area contributed by atoms with Crippen molar-refractivity contribution < 1.29 is 9.90 Å². The summed E-state index contributed by atoms with van der Waals surface area (Å²) in [5.74, 6) is -0.702. The van der Waals surface area contributed by atoms with E-state index < -0.39 is 5.97 Å². The van der Waals surface area contributed by atoms with Crippen LogP contribution < -0.4 is 0 Å². The Hall–Kier alpha value is -1.65. The van der Waals surface area contributed by atoms with E-state index in [4.69, 9.17) is 0 Å². The third kappa shape index (κ3) is 3.33. The molecule has 2 atom stereocenters. The second kappa shape index (κ2) is 6.85. The zero-order chi connectivity index (χ0) is 16.4. The topological polar surface area (TPSA) is 40.5 Å². The number of benzene rings is 1. The van der Waals surface area contributed by atoms with E-state index in [0.29, 0.717) is 0 Å². The van der Waals surface area contributed by atoms with Crippen LogP contribution in [0.25, 0.3) is 0 Å². The molecular formula is C19H23NO2S. The lowest BCUT2D eigenvalue weighted by Crippen LogP contribution is -2.39. The number of carboxylic acid groups (broad SMARTS) is 1. The highest BCUT2D eigenvalue weighted by molar-refractivity contribution is 7.12. The highest BCUT2D eigenvalue weighted by atomic mass is 32.1. The first-order chi connectivity index (χ1) is 11.1. The maximum Gasteiger partial charge on any atom is 0.320 e. The minimum Gasteiger partial charge on any atom is -0.480 e. The van der Waals surface area contributed by atoms with Gasteiger partial charge in [0.1, 0.15) is 6.04 Å². The first kappa shape index (κ1) is 16.2. The molecule has 23 heavy (non-hydrogen) atoms. The molecular weight excluding hydrogens is 306 g/mol. The van der Waals surface area contributed by atoms with Gasteiger partial charge in [0.2, 0.25) is 0 Å². The van der Waals surface area contributed by atoms with Gasteiger partial charge in [-0.2, -0.15) is 0 Å². The Morgan fingerprint density at radius 3 is 2.65 bits per heavy atom. The van der Waals surface area contributed by atoms with Crippen molar-refractivity contribution in [3.8, 4) is 0 Å². The Morgan fingerprint density at radius 2 is 2.04 bits per heavy atom. The molecule has 1 saturated heterocycles. The number of likely N-dealkylation sites (tertiary alicyclic amines) is 1. The van der Waals surface area contributed by atoms with Crippen LogP contribution in [0.4, 0.5) is 0 Å². The van der Waals surface area contributed by atoms with Gasteiger partial charge in [0, 0.05) is 16.3 Å². The molecule has 1 N–H and O–H groups in total. The maximum atomic E-state index is 11.7. The molecule has 0 bridgehead atoms. The number of carboxylic acids is 1. The predicted octanol–water partition coefficient (Wildman–Crippen LogP) is 4.26. The summed E-state index contributed by atoms with van der Waals surface area (Å²) < 4.78 is 0. The molecule has 1 fully saturated rings. The molecule has 1 aromatic carbocycles. The maximum absolute atomic E-state index is 11.7. The molecule has 2 heterocycles. The summed E-state index contributed by atoms with van der Waals surface area (Å²) in [7, 11) is 0. The van der Waals surface area contributed by atoms with E-state index in [-0.39, 0.29) is 12.1 Å². The van der Waals surface area contributed by atoms with Crippen molar-refractivity contribution in [1.82, 2.24) is 4.90 Å². The molecule has 0 amide bonds. The van der Waals surface area contributed by atoms with Crippen LogP contribution in [0.3, 0.4) is 0 Å². The summed E-state index contributed by atoms with van der Waals surface area (Å²) in [6, 6.07) is 12.5. The van der Waals surface area contributed by atoms with E-state index in [9.17, 15) is 9.90 Å². The zero-order valence-electron chi connectivity index (χ0n) is 13.7. The van der Waals surface area contributed by atoms with Gasteiger partial charge < -0.3 is 5.11 Å². The summed E-state index contributed by atoms with van der Waals surface area (Å²) in [6.45, 7) is 5.08. The van der Waals surface area contributed by atoms with E-state index in [1.54, 1.807) is 11.3 Å². The SMILES string of the molecule is CCc1ccc(C(c2ccc(C)cc2)N2CCCC2C(=O)O)s1. The van der Waals surface area contributed by atoms with Crippen molar-refractivity contribution >= 4 is 17.3 Å². The fraction of sp³-hybridized carbons (Fsp3) is 0.421. The molecule has 2 aromatic rings. The summed E-state index contributed by atoms with van der Waals surface area (Å²) in [5.41, 5.74) is 2.41. The molecule has 1 aliphatic heterocycles. The van der Waals surface area contributed by atoms with Gasteiger partial charge in [-0.1, -0.05) is 36.8 Å². The van der Waals surface area contributed by atoms with Gasteiger partial charge in [-0.15, -0.1) is 11.3 Å². The number of carbonyl (C=O) groups is 1. The molecule has 0 saturated carbocycles. The molecule has 3 nitrogen and oxygen atoms in total. The average molecular weight is 329 g/mol. The summed E-state index contributed by atoms with van der Waals surface area (Å²) in [6.07, 6.45) is 2.71. The van der Waals surface area contributed by atoms with Gasteiger partial charge in [-0.3, -0.25) is 9.69 Å². The van der Waals surface area contributed by atoms with Crippen molar-refractivity contribution in [3.63, 3.8) is 0 Å². The lowest BCUT2D eigenvalue weighted by Gasteiger charge is -2.31. The quantitative estimate of drug-likeness (QED) is 0.891. The van der Waals surface area contributed by atoms with Crippen LogP contribution in [0.5, 0.6) is 0 Å². The minimum atomic E-state index is -0.702. The van der Waals surface area contributed by atoms with Gasteiger partial charge >= 0.3 is 5.97 Å². The minimum absolute atomic E-state index is 0.0458. The highest BCUT2D eigenvalue weighted by Gasteiger charge is 2.37. The zero-order valence-corrected chi connectivity index (χ0v) is 14.5. The van der Waals surface area contributed by atoms with Gasteiger partial charge in [0.25, 0.3) is 0 Å². The lowest BCUT2D eigenvalue weighted by molar-refractivity contribution is -0.142. The average Bonchev–Trinajstić information content (AvgIpc) is 3.19. The van der Waals surface area contributed by atoms with E-state index in [1.807, 2.05) is 0 Å². The van der Waals surface area contributed by atoms with Crippen LogP contribution in [0.2, 0.25) is 0 Å². The third-order valence-electron chi connectivity index (χ3n) is 4.60. The van der Waals surface area contributed by atoms with E-state index in [1.165, 1.54) is 20.9 Å². The van der Waals surface area contributed by atoms with E-state index in [0.717, 1.165) is 25.8 Å². The summed E-state index contributed by atoms with van der Waals surface area (Å²) in [5, 5.41) is 9.58. The van der Waals surface area contributed by atoms with Gasteiger partial charge in [-0.05, 0) is 43.9 Å². The molecule has 4 heteroatoms. The number of hydrogen-bond acceptors (Lipinski definition) is 3. The third-order valence-corrected chi connectivity index (χ3v) is 5.89. The molecule has 0 spiro atoms. The smallest absolute Gasteiger partial charge is 0.320 e. The Labute approximate surface area is 141 Å². The van der Waals surface area contributed by atoms with Gasteiger partial charge in [0.05, 0.1) is 6.04 Å². The first-order valence-electron chi connectivity index (χ1n) is 8.24. The number of rotatable bonds is 5. The Kier molecular flexibility index (Phi) is 4.83. The van der Waals surface area contributed by atoms with Crippen molar-refractivity contribution in [1.29, 1.82) is 0 Å². The number of hydrogen-bond donors (Lipinski definition) is 1. The summed E-state index contributed by atoms with van der Waals surface area (Å²) in [4.78, 5) is 16.4. The van der Waals surface area contributed by atoms with Crippen LogP contribution in [0.1, 0.15) is 46.7 Å². The van der Waals surface area contributed by atoms with Crippen LogP contribution in [0, 0.1) is 6.92 Å². The van der Waals surface area contributed by atoms with Crippen LogP contribution in [-0.4, -0.2) is 28.6 Å². The molecule has 2 unspecified atom stereocenters. The van der Waals surface area contributed by atoms with E-state index in [2.05, 4.69) is 55.1 Å². The summed E-state index contributed by atoms with van der Waals surface area (Å²) >= 11 is 1.81. The normalized spacial score (nSPS) is 19.8. The first-order valence-corrected chi connectivity index (χ1v) is 9.05. The van der Waals surface area contributed by atoms with Crippen LogP contribution in [-0.2, 0) is 11.2 Å². The van der Waals surface area contributed by atoms with Crippen molar-refractivity contribution in [2.45, 2.75) is 45.2 Å². The lowest BCUT2D eigenvalue weighted by atomic mass is 10.0. The number of nitrogens with zero attached hydrogens (tertiary/aromatic N) is 1. The highest BCUT2D eigenvalue weighted by Crippen LogP contribution is 2.38. The van der Waals surface area contributed by atoms with Gasteiger partial charge in [0.15, 0.2) is 0 Å². The Balaban J connectivity index is 2.02. The van der Waals surface area contributed by atoms with Crippen molar-refractivity contribution in [2.75, 3.05) is 6.54 Å². The Bertz CT molecular complexity index is 677. The van der Waals surface area contributed by atoms with Crippen molar-refractivity contribution in [2.24, 2.45) is 0 Å². The Morgan fingerprint density at radius 1 is 1.30 bits per heavy atom. The molecule has 1 aromatic heterocycles. The van der Waals surface area contributed by atoms with E-state index >= 15 is 0 Å². The second-order valence-electron chi connectivity index (χ2n) is 6.20. The van der Waals surface area contributed by atoms with Crippen molar-refractivity contribution in [3.05, 3.63) is 57.3 Å². The number of thiophene rings is 1. The van der Waals surface area contributed by atoms with Gasteiger partial charge in [-0.25, -0.2) is 0 Å². The molecule has 0 aliphatic carbocycles. The van der Waals surface area contributed by atoms with Crippen LogP contribution >= 0.6 is 11.3 Å². The fourth-order valence-corrected chi connectivity index (χ4v) is 4.47. The largest absolute Gasteiger partial charge is 0.480 e. The monoisotopic (exact) mass is 329 g/mol. The van der Waals surface area contributed by atoms with Crippen LogP contribution in [0.15, 0.2) is 36.4 Å². The predicted molar refractivity (Wildman–Crippen MR) is 94.1 cm³/mol. The number of aryl methyl sites for hydroxylation is 2. The standard InChI is InChI=1S/C19H23NO2S/c1-3-15-10-11-17(23-15)18(14-8-6-13(2)7-9-14)20-12-4-5-16(20)19(21)22/h6-11,16,18H,3-5,12H2,1-2H3,(H,21,22).